The molecule has 1 atom stereocenters. The molecule has 0 radical (unpaired) electrons. The molecule has 0 saturated carbocycles. The molecule has 0 unspecified atom stereocenters. The fourth-order valence-corrected chi connectivity index (χ4v) is 6.61. The van der Waals surface area contributed by atoms with Crippen LogP contribution in [0.1, 0.15) is 50.4 Å². The van der Waals surface area contributed by atoms with Gasteiger partial charge >= 0.3 is 5.97 Å². The fourth-order valence-electron chi connectivity index (χ4n) is 5.16. The van der Waals surface area contributed by atoms with Gasteiger partial charge in [-0.1, -0.05) is 52.7 Å². The molecule has 9 nitrogen and oxygen atoms in total. The minimum atomic E-state index is -0.823. The number of methoxy groups -OCH3 is 2. The molecular formula is C35H34Cl2N2O7S. The van der Waals surface area contributed by atoms with Gasteiger partial charge in [-0.2, -0.15) is 0 Å². The molecule has 2 heterocycles. The summed E-state index contributed by atoms with van der Waals surface area (Å²) in [5.74, 6) is 1.23. The predicted molar refractivity (Wildman–Crippen MR) is 183 cm³/mol. The third kappa shape index (κ3) is 7.35. The molecule has 0 bridgehead atoms. The number of thiazole rings is 1. The zero-order valence-electron chi connectivity index (χ0n) is 26.8. The maximum atomic E-state index is 14.1. The Hall–Kier alpha value is -4.25. The number of hydrogen-bond donors (Lipinski definition) is 0. The second-order valence-corrected chi connectivity index (χ2v) is 12.7. The largest absolute Gasteiger partial charge is 0.493 e. The predicted octanol–water partition coefficient (Wildman–Crippen LogP) is 6.49. The highest BCUT2D eigenvalue weighted by Gasteiger charge is 2.34. The molecule has 4 aromatic rings. The van der Waals surface area contributed by atoms with E-state index < -0.39 is 12.0 Å². The highest BCUT2D eigenvalue weighted by Crippen LogP contribution is 2.38. The molecule has 0 spiro atoms. The lowest BCUT2D eigenvalue weighted by molar-refractivity contribution is -0.139. The van der Waals surface area contributed by atoms with Gasteiger partial charge in [-0.3, -0.25) is 9.36 Å². The Morgan fingerprint density at radius 1 is 1.02 bits per heavy atom. The molecule has 47 heavy (non-hydrogen) atoms. The summed E-state index contributed by atoms with van der Waals surface area (Å²) in [6.45, 7) is 7.72. The molecule has 0 amide bonds. The van der Waals surface area contributed by atoms with Crippen LogP contribution in [0.4, 0.5) is 0 Å². The number of fused-ring (bicyclic) bond motifs is 1. The molecule has 1 aliphatic rings. The summed E-state index contributed by atoms with van der Waals surface area (Å²) in [5.41, 5.74) is 2.53. The summed E-state index contributed by atoms with van der Waals surface area (Å²) in [4.78, 5) is 32.5. The van der Waals surface area contributed by atoms with Crippen LogP contribution in [0, 0.1) is 0 Å². The van der Waals surface area contributed by atoms with Crippen molar-refractivity contribution in [1.29, 1.82) is 0 Å². The smallest absolute Gasteiger partial charge is 0.338 e. The van der Waals surface area contributed by atoms with Gasteiger partial charge in [0, 0.05) is 5.02 Å². The number of carbonyl (C=O) groups is 1. The number of halogens is 2. The molecule has 5 rings (SSSR count). The van der Waals surface area contributed by atoms with Crippen LogP contribution in [0.3, 0.4) is 0 Å². The van der Waals surface area contributed by atoms with Crippen LogP contribution in [0.2, 0.25) is 10.0 Å². The van der Waals surface area contributed by atoms with E-state index in [9.17, 15) is 9.59 Å². The number of nitrogens with zero attached hydrogens (tertiary/aromatic N) is 2. The van der Waals surface area contributed by atoms with Gasteiger partial charge in [-0.25, -0.2) is 9.79 Å². The van der Waals surface area contributed by atoms with Crippen LogP contribution in [0.5, 0.6) is 23.0 Å². The second kappa shape index (κ2) is 14.7. The van der Waals surface area contributed by atoms with Crippen LogP contribution in [-0.2, 0) is 16.1 Å². The maximum Gasteiger partial charge on any atom is 0.338 e. The van der Waals surface area contributed by atoms with E-state index in [4.69, 9.17) is 46.9 Å². The van der Waals surface area contributed by atoms with Crippen LogP contribution in [0.25, 0.3) is 6.08 Å². The Kier molecular flexibility index (Phi) is 10.6. The van der Waals surface area contributed by atoms with E-state index in [2.05, 4.69) is 4.99 Å². The topological polar surface area (TPSA) is 97.6 Å². The molecule has 1 aromatic heterocycles. The summed E-state index contributed by atoms with van der Waals surface area (Å²) >= 11 is 13.9. The maximum absolute atomic E-state index is 14.1. The Bertz CT molecular complexity index is 2020. The highest BCUT2D eigenvalue weighted by molar-refractivity contribution is 7.07. The lowest BCUT2D eigenvalue weighted by atomic mass is 9.95. The molecule has 12 heteroatoms. The number of aromatic nitrogens is 1. The van der Waals surface area contributed by atoms with Crippen LogP contribution >= 0.6 is 34.5 Å². The van der Waals surface area contributed by atoms with Crippen molar-refractivity contribution in [2.75, 3.05) is 20.8 Å². The zero-order chi connectivity index (χ0) is 33.8. The van der Waals surface area contributed by atoms with Crippen LogP contribution in [0.15, 0.2) is 75.7 Å². The van der Waals surface area contributed by atoms with Crippen molar-refractivity contribution in [2.45, 2.75) is 46.4 Å². The third-order valence-electron chi connectivity index (χ3n) is 7.23. The summed E-state index contributed by atoms with van der Waals surface area (Å²) in [7, 11) is 3.06. The molecule has 0 fully saturated rings. The summed E-state index contributed by atoms with van der Waals surface area (Å²) in [6, 6.07) is 15.3. The van der Waals surface area contributed by atoms with Crippen molar-refractivity contribution in [3.8, 4) is 23.0 Å². The van der Waals surface area contributed by atoms with Gasteiger partial charge in [-0.15, -0.1) is 0 Å². The number of ether oxygens (including phenoxy) is 5. The number of allylic oxidation sites excluding steroid dienone is 1. The van der Waals surface area contributed by atoms with Crippen LogP contribution in [-0.4, -0.2) is 37.5 Å². The lowest BCUT2D eigenvalue weighted by Crippen LogP contribution is -2.40. The fraction of sp³-hybridized carbons (Fsp3) is 0.286. The van der Waals surface area contributed by atoms with Gasteiger partial charge in [0.15, 0.2) is 27.8 Å². The van der Waals surface area contributed by atoms with Crippen molar-refractivity contribution in [3.05, 3.63) is 112 Å². The van der Waals surface area contributed by atoms with Crippen molar-refractivity contribution in [2.24, 2.45) is 4.99 Å². The van der Waals surface area contributed by atoms with E-state index in [1.165, 1.54) is 23.0 Å². The number of esters is 1. The Labute approximate surface area is 286 Å². The monoisotopic (exact) mass is 696 g/mol. The third-order valence-corrected chi connectivity index (χ3v) is 8.74. The molecule has 0 saturated heterocycles. The summed E-state index contributed by atoms with van der Waals surface area (Å²) < 4.78 is 30.4. The number of carbonyl (C=O) groups excluding carboxylic acids is 1. The molecule has 1 aliphatic heterocycles. The highest BCUT2D eigenvalue weighted by atomic mass is 35.5. The van der Waals surface area contributed by atoms with E-state index in [0.29, 0.717) is 59.2 Å². The molecular weight excluding hydrogens is 663 g/mol. The van der Waals surface area contributed by atoms with Gasteiger partial charge in [-0.05, 0) is 86.9 Å². The van der Waals surface area contributed by atoms with Crippen LogP contribution < -0.4 is 33.8 Å². The number of hydrogen-bond acceptors (Lipinski definition) is 9. The molecule has 0 aliphatic carbocycles. The zero-order valence-corrected chi connectivity index (χ0v) is 29.1. The first-order valence-corrected chi connectivity index (χ1v) is 16.4. The van der Waals surface area contributed by atoms with E-state index in [1.54, 1.807) is 63.4 Å². The van der Waals surface area contributed by atoms with E-state index in [1.807, 2.05) is 32.0 Å². The van der Waals surface area contributed by atoms with Gasteiger partial charge in [0.2, 0.25) is 0 Å². The minimum Gasteiger partial charge on any atom is -0.493 e. The average Bonchev–Trinajstić information content (AvgIpc) is 3.34. The van der Waals surface area contributed by atoms with Crippen molar-refractivity contribution < 1.29 is 28.5 Å². The summed E-state index contributed by atoms with van der Waals surface area (Å²) in [5, 5.41) is 0.943. The molecule has 0 N–H and O–H groups in total. The SMILES string of the molecule is CCOC(=O)C1=C(C)N=c2s/c(=C\c3cc(Cl)c(OCc4ccc(Cl)cc4)c(OC)c3)c(=O)n2[C@H]1c1ccc(OC(C)C)c(OC)c1. The van der Waals surface area contributed by atoms with Crippen molar-refractivity contribution in [3.63, 3.8) is 0 Å². The first-order valence-electron chi connectivity index (χ1n) is 14.8. The average molecular weight is 698 g/mol. The minimum absolute atomic E-state index is 0.0825. The number of rotatable bonds is 11. The lowest BCUT2D eigenvalue weighted by Gasteiger charge is -2.25. The standard InChI is InChI=1S/C35H34Cl2N2O7S/c1-7-44-34(41)30-20(4)38-35-39(31(30)23-10-13-26(46-19(2)3)27(17-23)42-5)33(40)29(47-35)16-22-14-25(37)32(28(15-22)43-6)45-18-21-8-11-24(36)12-9-21/h8-17,19,31H,7,18H2,1-6H3/b29-16-/t31-/m0/s1. The first-order chi connectivity index (χ1) is 22.5. The van der Waals surface area contributed by atoms with E-state index in [0.717, 1.165) is 5.56 Å². The quantitative estimate of drug-likeness (QED) is 0.165. The Morgan fingerprint density at radius 2 is 1.74 bits per heavy atom. The van der Waals surface area contributed by atoms with Crippen molar-refractivity contribution >= 4 is 46.6 Å². The van der Waals surface area contributed by atoms with Gasteiger partial charge in [0.1, 0.15) is 6.61 Å². The normalized spacial score (nSPS) is 14.5. The number of benzene rings is 3. The van der Waals surface area contributed by atoms with Gasteiger partial charge in [0.05, 0.1) is 53.8 Å². The second-order valence-electron chi connectivity index (χ2n) is 10.8. The van der Waals surface area contributed by atoms with Gasteiger partial charge < -0.3 is 23.7 Å². The first kappa shape index (κ1) is 34.1. The molecule has 3 aromatic carbocycles. The molecule has 246 valence electrons. The van der Waals surface area contributed by atoms with E-state index in [-0.39, 0.29) is 30.5 Å². The summed E-state index contributed by atoms with van der Waals surface area (Å²) in [6.07, 6.45) is 1.63. The van der Waals surface area contributed by atoms with E-state index >= 15 is 0 Å². The van der Waals surface area contributed by atoms with Crippen molar-refractivity contribution in [1.82, 2.24) is 4.57 Å². The van der Waals surface area contributed by atoms with Gasteiger partial charge in [0.25, 0.3) is 5.56 Å². The Morgan fingerprint density at radius 3 is 2.40 bits per heavy atom. The Balaban J connectivity index is 1.59.